The van der Waals surface area contributed by atoms with Gasteiger partial charge in [-0.2, -0.15) is 0 Å². The van der Waals surface area contributed by atoms with Gasteiger partial charge in [0.1, 0.15) is 0 Å². The first kappa shape index (κ1) is 18.8. The number of carbonyl (C=O) groups excluding carboxylic acids is 2. The molecule has 0 spiro atoms. The van der Waals surface area contributed by atoms with Crippen molar-refractivity contribution in [3.63, 3.8) is 0 Å². The number of sulfonamides is 1. The Balaban J connectivity index is 2.17. The molecule has 0 aliphatic rings. The third-order valence-electron chi connectivity index (χ3n) is 2.96. The van der Waals surface area contributed by atoms with Gasteiger partial charge in [-0.15, -0.1) is 0 Å². The summed E-state index contributed by atoms with van der Waals surface area (Å²) in [4.78, 5) is 23.4. The summed E-state index contributed by atoms with van der Waals surface area (Å²) in [6.07, 6.45) is 1.02. The summed E-state index contributed by atoms with van der Waals surface area (Å²) in [6.45, 7) is 1.39. The van der Waals surface area contributed by atoms with Gasteiger partial charge in [0, 0.05) is 24.0 Å². The van der Waals surface area contributed by atoms with Crippen LogP contribution in [0.15, 0.2) is 42.5 Å². The van der Waals surface area contributed by atoms with E-state index in [4.69, 9.17) is 11.6 Å². The standard InChI is InChI=1S/C16H16ClN3O4S/c1-10(21)18-11-4-3-5-12(8-11)19-16(22)14-7-6-13(9-15(14)17)20-25(2,23)24/h3-9,20H,1-2H3,(H,18,21)(H,19,22). The highest BCUT2D eigenvalue weighted by atomic mass is 35.5. The smallest absolute Gasteiger partial charge is 0.257 e. The second-order valence-electron chi connectivity index (χ2n) is 5.28. The van der Waals surface area contributed by atoms with E-state index in [1.54, 1.807) is 24.3 Å². The van der Waals surface area contributed by atoms with Crippen LogP contribution >= 0.6 is 11.6 Å². The summed E-state index contributed by atoms with van der Waals surface area (Å²) >= 11 is 6.07. The van der Waals surface area contributed by atoms with E-state index in [-0.39, 0.29) is 22.2 Å². The SMILES string of the molecule is CC(=O)Nc1cccc(NC(=O)c2ccc(NS(C)(=O)=O)cc2Cl)c1. The predicted molar refractivity (Wildman–Crippen MR) is 98.6 cm³/mol. The van der Waals surface area contributed by atoms with E-state index in [0.717, 1.165) is 6.26 Å². The van der Waals surface area contributed by atoms with Crippen LogP contribution in [0.2, 0.25) is 5.02 Å². The number of amides is 2. The quantitative estimate of drug-likeness (QED) is 0.740. The van der Waals surface area contributed by atoms with Gasteiger partial charge in [-0.3, -0.25) is 14.3 Å². The normalized spacial score (nSPS) is 10.8. The molecule has 0 unspecified atom stereocenters. The molecule has 2 aromatic carbocycles. The average molecular weight is 382 g/mol. The van der Waals surface area contributed by atoms with Gasteiger partial charge in [0.25, 0.3) is 5.91 Å². The molecule has 0 bridgehead atoms. The monoisotopic (exact) mass is 381 g/mol. The third kappa shape index (κ3) is 5.77. The van der Waals surface area contributed by atoms with Crippen LogP contribution in [0.5, 0.6) is 0 Å². The van der Waals surface area contributed by atoms with Crippen molar-refractivity contribution in [2.75, 3.05) is 21.6 Å². The van der Waals surface area contributed by atoms with E-state index in [9.17, 15) is 18.0 Å². The molecule has 0 heterocycles. The molecule has 0 aromatic heterocycles. The minimum Gasteiger partial charge on any atom is -0.326 e. The van der Waals surface area contributed by atoms with E-state index in [1.165, 1.54) is 25.1 Å². The lowest BCUT2D eigenvalue weighted by molar-refractivity contribution is -0.114. The summed E-state index contributed by atoms with van der Waals surface area (Å²) in [5, 5.41) is 5.39. The summed E-state index contributed by atoms with van der Waals surface area (Å²) in [5.74, 6) is -0.684. The second-order valence-corrected chi connectivity index (χ2v) is 7.44. The lowest BCUT2D eigenvalue weighted by atomic mass is 10.2. The maximum atomic E-state index is 12.3. The molecule has 9 heteroatoms. The topological polar surface area (TPSA) is 104 Å². The highest BCUT2D eigenvalue weighted by Gasteiger charge is 2.13. The van der Waals surface area contributed by atoms with Gasteiger partial charge >= 0.3 is 0 Å². The molecule has 2 rings (SSSR count). The maximum absolute atomic E-state index is 12.3. The van der Waals surface area contributed by atoms with Crippen LogP contribution < -0.4 is 15.4 Å². The number of carbonyl (C=O) groups is 2. The molecule has 0 saturated heterocycles. The van der Waals surface area contributed by atoms with E-state index in [1.807, 2.05) is 0 Å². The minimum atomic E-state index is -3.43. The Morgan fingerprint density at radius 1 is 0.960 bits per heavy atom. The number of hydrogen-bond donors (Lipinski definition) is 3. The molecule has 132 valence electrons. The molecule has 7 nitrogen and oxygen atoms in total. The summed E-state index contributed by atoms with van der Waals surface area (Å²) in [7, 11) is -3.43. The number of rotatable bonds is 5. The van der Waals surface area contributed by atoms with Gasteiger partial charge in [0.05, 0.1) is 16.8 Å². The number of nitrogens with one attached hydrogen (secondary N) is 3. The Kier molecular flexibility index (Phi) is 5.66. The lowest BCUT2D eigenvalue weighted by Crippen LogP contribution is -2.14. The van der Waals surface area contributed by atoms with Crippen molar-refractivity contribution < 1.29 is 18.0 Å². The van der Waals surface area contributed by atoms with Crippen LogP contribution in [0.25, 0.3) is 0 Å². The summed E-state index contributed by atoms with van der Waals surface area (Å²) in [5.41, 5.74) is 1.47. The zero-order valence-electron chi connectivity index (χ0n) is 13.5. The van der Waals surface area contributed by atoms with Gasteiger partial charge in [0.15, 0.2) is 0 Å². The van der Waals surface area contributed by atoms with Crippen molar-refractivity contribution in [3.8, 4) is 0 Å². The van der Waals surface area contributed by atoms with Crippen molar-refractivity contribution in [3.05, 3.63) is 53.1 Å². The molecule has 0 radical (unpaired) electrons. The number of hydrogen-bond acceptors (Lipinski definition) is 4. The Labute approximate surface area is 150 Å². The number of halogens is 1. The third-order valence-corrected chi connectivity index (χ3v) is 3.88. The highest BCUT2D eigenvalue weighted by molar-refractivity contribution is 7.92. The maximum Gasteiger partial charge on any atom is 0.257 e. The van der Waals surface area contributed by atoms with Crippen LogP contribution in [0.3, 0.4) is 0 Å². The molecule has 2 aromatic rings. The molecular weight excluding hydrogens is 366 g/mol. The van der Waals surface area contributed by atoms with Crippen molar-refractivity contribution in [2.45, 2.75) is 6.92 Å². The zero-order chi connectivity index (χ0) is 18.6. The molecule has 0 aliphatic carbocycles. The van der Waals surface area contributed by atoms with Gasteiger partial charge in [0.2, 0.25) is 15.9 Å². The van der Waals surface area contributed by atoms with Crippen LogP contribution in [-0.4, -0.2) is 26.5 Å². The fourth-order valence-corrected chi connectivity index (χ4v) is 2.87. The Bertz CT molecular complexity index is 929. The number of anilines is 3. The number of benzene rings is 2. The highest BCUT2D eigenvalue weighted by Crippen LogP contribution is 2.23. The minimum absolute atomic E-state index is 0.101. The molecule has 3 N–H and O–H groups in total. The van der Waals surface area contributed by atoms with E-state index >= 15 is 0 Å². The van der Waals surface area contributed by atoms with Crippen LogP contribution in [0, 0.1) is 0 Å². The molecule has 25 heavy (non-hydrogen) atoms. The predicted octanol–water partition coefficient (Wildman–Crippen LogP) is 2.92. The van der Waals surface area contributed by atoms with Crippen LogP contribution in [0.1, 0.15) is 17.3 Å². The molecule has 0 fully saturated rings. The lowest BCUT2D eigenvalue weighted by Gasteiger charge is -2.10. The van der Waals surface area contributed by atoms with Gasteiger partial charge < -0.3 is 10.6 Å². The first-order valence-electron chi connectivity index (χ1n) is 7.10. The van der Waals surface area contributed by atoms with Crippen molar-refractivity contribution in [2.24, 2.45) is 0 Å². The second kappa shape index (κ2) is 7.54. The van der Waals surface area contributed by atoms with E-state index in [0.29, 0.717) is 11.4 Å². The molecular formula is C16H16ClN3O4S. The molecule has 2 amide bonds. The van der Waals surface area contributed by atoms with Crippen molar-refractivity contribution in [1.29, 1.82) is 0 Å². The molecule has 0 atom stereocenters. The van der Waals surface area contributed by atoms with Crippen molar-refractivity contribution >= 4 is 50.5 Å². The van der Waals surface area contributed by atoms with Crippen molar-refractivity contribution in [1.82, 2.24) is 0 Å². The first-order valence-corrected chi connectivity index (χ1v) is 9.37. The van der Waals surface area contributed by atoms with Gasteiger partial charge in [-0.25, -0.2) is 8.42 Å². The fraction of sp³-hybridized carbons (Fsp3) is 0.125. The molecule has 0 saturated carbocycles. The summed E-state index contributed by atoms with van der Waals surface area (Å²) in [6, 6.07) is 10.9. The Hall–Kier alpha value is -2.58. The summed E-state index contributed by atoms with van der Waals surface area (Å²) < 4.78 is 24.7. The average Bonchev–Trinajstić information content (AvgIpc) is 2.45. The Morgan fingerprint density at radius 2 is 1.60 bits per heavy atom. The van der Waals surface area contributed by atoms with Gasteiger partial charge in [-0.05, 0) is 36.4 Å². The largest absolute Gasteiger partial charge is 0.326 e. The van der Waals surface area contributed by atoms with Crippen LogP contribution in [0.4, 0.5) is 17.1 Å². The van der Waals surface area contributed by atoms with E-state index in [2.05, 4.69) is 15.4 Å². The van der Waals surface area contributed by atoms with E-state index < -0.39 is 15.9 Å². The molecule has 0 aliphatic heterocycles. The van der Waals surface area contributed by atoms with Gasteiger partial charge in [-0.1, -0.05) is 17.7 Å². The zero-order valence-corrected chi connectivity index (χ0v) is 15.0. The van der Waals surface area contributed by atoms with Crippen LogP contribution in [-0.2, 0) is 14.8 Å². The first-order chi connectivity index (χ1) is 11.6. The Morgan fingerprint density at radius 3 is 2.16 bits per heavy atom. The fourth-order valence-electron chi connectivity index (χ4n) is 2.05.